The minimum atomic E-state index is -1.92. The fourth-order valence-electron chi connectivity index (χ4n) is 1.89. The second-order valence-corrected chi connectivity index (χ2v) is 11.1. The van der Waals surface area contributed by atoms with Crippen LogP contribution in [0.25, 0.3) is 0 Å². The highest BCUT2D eigenvalue weighted by Crippen LogP contribution is 2.27. The van der Waals surface area contributed by atoms with Gasteiger partial charge in [0.05, 0.1) is 13.3 Å². The van der Waals surface area contributed by atoms with Gasteiger partial charge in [-0.3, -0.25) is 0 Å². The third-order valence-electron chi connectivity index (χ3n) is 3.01. The Morgan fingerprint density at radius 3 is 2.71 bits per heavy atom. The first-order valence-corrected chi connectivity index (χ1v) is 11.7. The van der Waals surface area contributed by atoms with E-state index < -0.39 is 14.3 Å². The Kier molecular flexibility index (Phi) is 8.19. The van der Waals surface area contributed by atoms with Gasteiger partial charge >= 0.3 is 5.97 Å². The summed E-state index contributed by atoms with van der Waals surface area (Å²) in [7, 11) is -0.225. The summed E-state index contributed by atoms with van der Waals surface area (Å²) < 4.78 is 21.1. The molecule has 6 nitrogen and oxygen atoms in total. The monoisotopic (exact) mass is 368 g/mol. The maximum Gasteiger partial charge on any atom is 0.335 e. The molecule has 1 aromatic rings. The largest absolute Gasteiger partial charge is 0.504 e. The van der Waals surface area contributed by atoms with Gasteiger partial charge in [-0.2, -0.15) is 0 Å². The second kappa shape index (κ2) is 9.62. The van der Waals surface area contributed by atoms with E-state index in [1.54, 1.807) is 13.0 Å². The third kappa shape index (κ3) is 7.30. The van der Waals surface area contributed by atoms with Crippen molar-refractivity contribution < 1.29 is 28.2 Å². The van der Waals surface area contributed by atoms with Crippen molar-refractivity contribution in [1.29, 1.82) is 0 Å². The van der Waals surface area contributed by atoms with Crippen molar-refractivity contribution in [2.24, 2.45) is 0 Å². The molecule has 0 heterocycles. The van der Waals surface area contributed by atoms with E-state index in [-0.39, 0.29) is 22.3 Å². The molecular formula is C16H24O6Si2. The van der Waals surface area contributed by atoms with Gasteiger partial charge in [0.25, 0.3) is 0 Å². The van der Waals surface area contributed by atoms with Crippen LogP contribution in [0.1, 0.15) is 12.5 Å². The number of benzene rings is 1. The SMILES string of the molecule is C=C(C)C(=O)OCOC[Si]O[Si](C)(C)Cc1ccc(O)c(OC)c1. The van der Waals surface area contributed by atoms with Crippen LogP contribution >= 0.6 is 0 Å². The van der Waals surface area contributed by atoms with Crippen LogP contribution in [0.15, 0.2) is 30.4 Å². The van der Waals surface area contributed by atoms with Gasteiger partial charge in [-0.05, 0) is 43.8 Å². The fourth-order valence-corrected chi connectivity index (χ4v) is 5.34. The molecule has 0 spiro atoms. The molecule has 132 valence electrons. The first-order chi connectivity index (χ1) is 11.2. The molecule has 0 atom stereocenters. The first-order valence-electron chi connectivity index (χ1n) is 7.42. The number of phenols is 1. The average molecular weight is 369 g/mol. The number of carbonyl (C=O) groups is 1. The molecule has 0 aliphatic carbocycles. The summed E-state index contributed by atoms with van der Waals surface area (Å²) in [5.74, 6) is 0.124. The highest BCUT2D eigenvalue weighted by molar-refractivity contribution is 6.74. The molecule has 0 saturated heterocycles. The molecule has 1 aromatic carbocycles. The number of ether oxygens (including phenoxy) is 3. The number of methoxy groups -OCH3 is 1. The third-order valence-corrected chi connectivity index (χ3v) is 7.37. The number of hydrogen-bond acceptors (Lipinski definition) is 6. The van der Waals surface area contributed by atoms with Crippen LogP contribution in [-0.4, -0.2) is 49.3 Å². The van der Waals surface area contributed by atoms with Gasteiger partial charge in [-0.25, -0.2) is 4.79 Å². The molecular weight excluding hydrogens is 344 g/mol. The highest BCUT2D eigenvalue weighted by atomic mass is 28.4. The van der Waals surface area contributed by atoms with E-state index in [1.807, 2.05) is 12.1 Å². The lowest BCUT2D eigenvalue weighted by Gasteiger charge is -2.23. The number of esters is 1. The van der Waals surface area contributed by atoms with Crippen LogP contribution in [0, 0.1) is 0 Å². The molecule has 0 fully saturated rings. The molecule has 0 aliphatic rings. The molecule has 0 saturated carbocycles. The molecule has 1 rings (SSSR count). The van der Waals surface area contributed by atoms with Gasteiger partial charge in [-0.15, -0.1) is 0 Å². The number of hydrogen-bond donors (Lipinski definition) is 1. The van der Waals surface area contributed by atoms with Crippen molar-refractivity contribution in [2.75, 3.05) is 20.1 Å². The summed E-state index contributed by atoms with van der Waals surface area (Å²) in [6.45, 7) is 9.20. The van der Waals surface area contributed by atoms with Crippen molar-refractivity contribution in [3.8, 4) is 11.5 Å². The molecule has 0 bridgehead atoms. The Balaban J connectivity index is 2.34. The van der Waals surface area contributed by atoms with Crippen LogP contribution in [0.2, 0.25) is 13.1 Å². The second-order valence-electron chi connectivity index (χ2n) is 5.87. The Bertz CT molecular complexity index is 574. The Morgan fingerprint density at radius 1 is 1.38 bits per heavy atom. The predicted molar refractivity (Wildman–Crippen MR) is 94.4 cm³/mol. The van der Waals surface area contributed by atoms with Gasteiger partial charge in [0.1, 0.15) is 0 Å². The summed E-state index contributed by atoms with van der Waals surface area (Å²) in [5.41, 5.74) is 1.40. The van der Waals surface area contributed by atoms with Crippen LogP contribution in [0.5, 0.6) is 11.5 Å². The first kappa shape index (κ1) is 20.4. The van der Waals surface area contributed by atoms with Crippen LogP contribution in [0.3, 0.4) is 0 Å². The van der Waals surface area contributed by atoms with E-state index >= 15 is 0 Å². The van der Waals surface area contributed by atoms with Crippen molar-refractivity contribution in [3.05, 3.63) is 35.9 Å². The zero-order chi connectivity index (χ0) is 18.2. The maximum atomic E-state index is 11.2. The number of phenolic OH excluding ortho intramolecular Hbond substituents is 1. The number of carbonyl (C=O) groups excluding carboxylic acids is 1. The van der Waals surface area contributed by atoms with Gasteiger partial charge < -0.3 is 23.4 Å². The smallest absolute Gasteiger partial charge is 0.335 e. The lowest BCUT2D eigenvalue weighted by molar-refractivity contribution is -0.150. The highest BCUT2D eigenvalue weighted by Gasteiger charge is 2.23. The Labute approximate surface area is 146 Å². The molecule has 0 aliphatic heterocycles. The maximum absolute atomic E-state index is 11.2. The summed E-state index contributed by atoms with van der Waals surface area (Å²) >= 11 is 0. The summed E-state index contributed by atoms with van der Waals surface area (Å²) in [6, 6.07) is 6.11. The lowest BCUT2D eigenvalue weighted by Crippen LogP contribution is -2.36. The van der Waals surface area contributed by atoms with Gasteiger partial charge in [-0.1, -0.05) is 12.6 Å². The Hall–Kier alpha value is -1.62. The van der Waals surface area contributed by atoms with Gasteiger partial charge in [0.15, 0.2) is 26.6 Å². The topological polar surface area (TPSA) is 74.2 Å². The van der Waals surface area contributed by atoms with E-state index in [0.29, 0.717) is 17.6 Å². The van der Waals surface area contributed by atoms with Crippen LogP contribution < -0.4 is 4.74 Å². The van der Waals surface area contributed by atoms with E-state index in [4.69, 9.17) is 18.3 Å². The zero-order valence-electron chi connectivity index (χ0n) is 14.5. The lowest BCUT2D eigenvalue weighted by atomic mass is 10.2. The minimum absolute atomic E-state index is 0.0980. The molecule has 2 radical (unpaired) electrons. The normalized spacial score (nSPS) is 11.2. The molecule has 0 amide bonds. The van der Waals surface area contributed by atoms with Crippen LogP contribution in [0.4, 0.5) is 0 Å². The summed E-state index contributed by atoms with van der Waals surface area (Å²) in [6.07, 6.45) is 0.374. The van der Waals surface area contributed by atoms with Crippen molar-refractivity contribution in [3.63, 3.8) is 0 Å². The number of aromatic hydroxyl groups is 1. The zero-order valence-corrected chi connectivity index (χ0v) is 16.5. The minimum Gasteiger partial charge on any atom is -0.504 e. The molecule has 8 heteroatoms. The number of rotatable bonds is 10. The van der Waals surface area contributed by atoms with Crippen LogP contribution in [-0.2, 0) is 24.4 Å². The standard InChI is InChI=1S/C16H24O6Si2/c1-12(2)16(18)21-10-20-11-23-22-24(4,5)9-13-6-7-14(17)15(8-13)19-3/h6-8,17H,1,9-11H2,2-5H3. The summed E-state index contributed by atoms with van der Waals surface area (Å²) in [5, 5.41) is 9.63. The van der Waals surface area contributed by atoms with E-state index in [1.165, 1.54) is 7.11 Å². The molecule has 24 heavy (non-hydrogen) atoms. The van der Waals surface area contributed by atoms with Crippen molar-refractivity contribution in [1.82, 2.24) is 0 Å². The van der Waals surface area contributed by atoms with Gasteiger partial charge in [0.2, 0.25) is 9.76 Å². The van der Waals surface area contributed by atoms with E-state index in [0.717, 1.165) is 11.6 Å². The van der Waals surface area contributed by atoms with Crippen molar-refractivity contribution >= 4 is 24.0 Å². The van der Waals surface area contributed by atoms with E-state index in [2.05, 4.69) is 19.7 Å². The Morgan fingerprint density at radius 2 is 2.08 bits per heavy atom. The van der Waals surface area contributed by atoms with E-state index in [9.17, 15) is 9.90 Å². The molecule has 0 unspecified atom stereocenters. The quantitative estimate of drug-likeness (QED) is 0.225. The van der Waals surface area contributed by atoms with Gasteiger partial charge in [0, 0.05) is 5.57 Å². The molecule has 0 aromatic heterocycles. The average Bonchev–Trinajstić information content (AvgIpc) is 2.51. The molecule has 1 N–H and O–H groups in total. The van der Waals surface area contributed by atoms with Crippen molar-refractivity contribution in [2.45, 2.75) is 26.1 Å². The summed E-state index contributed by atoms with van der Waals surface area (Å²) in [4.78, 5) is 11.2. The predicted octanol–water partition coefficient (Wildman–Crippen LogP) is 2.37. The fraction of sp³-hybridized carbons (Fsp3) is 0.438.